The van der Waals surface area contributed by atoms with Gasteiger partial charge in [-0.3, -0.25) is 0 Å². The Bertz CT molecular complexity index is 548. The number of hydrogen-bond acceptors (Lipinski definition) is 0. The predicted molar refractivity (Wildman–Crippen MR) is 76.5 cm³/mol. The quantitative estimate of drug-likeness (QED) is 0.781. The molecule has 2 aromatic rings. The van der Waals surface area contributed by atoms with E-state index in [1.165, 1.54) is 41.7 Å². The number of aryl methyl sites for hydroxylation is 1. The zero-order valence-electron chi connectivity index (χ0n) is 10.8. The molecule has 18 heavy (non-hydrogen) atoms. The van der Waals surface area contributed by atoms with Gasteiger partial charge in [-0.2, -0.15) is 0 Å². The van der Waals surface area contributed by atoms with Gasteiger partial charge in [0.15, 0.2) is 0 Å². The van der Waals surface area contributed by atoms with Gasteiger partial charge in [0.25, 0.3) is 0 Å². The number of aromatic nitrogens is 1. The first-order chi connectivity index (χ1) is 8.84. The summed E-state index contributed by atoms with van der Waals surface area (Å²) in [6.07, 6.45) is 8.33. The Balaban J connectivity index is 1.98. The predicted octanol–water partition coefficient (Wildman–Crippen LogP) is 4.67. The number of H-pyrrole nitrogens is 1. The van der Waals surface area contributed by atoms with Crippen molar-refractivity contribution in [3.63, 3.8) is 0 Å². The highest BCUT2D eigenvalue weighted by Crippen LogP contribution is 2.39. The molecule has 92 valence electrons. The highest BCUT2D eigenvalue weighted by molar-refractivity contribution is 5.72. The third-order valence-corrected chi connectivity index (χ3v) is 3.80. The van der Waals surface area contributed by atoms with Crippen LogP contribution in [0.4, 0.5) is 0 Å². The highest BCUT2D eigenvalue weighted by Gasteiger charge is 2.21. The van der Waals surface area contributed by atoms with Crippen LogP contribution in [0.5, 0.6) is 0 Å². The number of benzene rings is 1. The third-order valence-electron chi connectivity index (χ3n) is 3.80. The fraction of sp³-hybridized carbons (Fsp3) is 0.294. The van der Waals surface area contributed by atoms with Crippen molar-refractivity contribution in [3.8, 4) is 0 Å². The van der Waals surface area contributed by atoms with Gasteiger partial charge in [-0.25, -0.2) is 0 Å². The van der Waals surface area contributed by atoms with Crippen LogP contribution in [0.25, 0.3) is 5.57 Å². The standard InChI is InChI=1S/C17H19N/c1-13-11-15(12-18-13)17-10-6-5-9-16(17)14-7-3-2-4-8-14/h2-4,7-8,10-12,16,18H,5-6,9H2,1H3. The Hall–Kier alpha value is -1.76. The van der Waals surface area contributed by atoms with Gasteiger partial charge in [-0.05, 0) is 49.0 Å². The molecule has 0 spiro atoms. The zero-order chi connectivity index (χ0) is 12.4. The van der Waals surface area contributed by atoms with Gasteiger partial charge in [0.05, 0.1) is 0 Å². The van der Waals surface area contributed by atoms with Gasteiger partial charge < -0.3 is 4.98 Å². The molecule has 1 heteroatoms. The molecule has 1 aromatic heterocycles. The zero-order valence-corrected chi connectivity index (χ0v) is 10.8. The van der Waals surface area contributed by atoms with Gasteiger partial charge in [0, 0.05) is 17.8 Å². The van der Waals surface area contributed by atoms with Crippen LogP contribution in [-0.2, 0) is 0 Å². The van der Waals surface area contributed by atoms with Crippen LogP contribution in [0.3, 0.4) is 0 Å². The summed E-state index contributed by atoms with van der Waals surface area (Å²) in [7, 11) is 0. The van der Waals surface area contributed by atoms with Crippen LogP contribution < -0.4 is 0 Å². The first-order valence-electron chi connectivity index (χ1n) is 6.75. The Morgan fingerprint density at radius 1 is 1.17 bits per heavy atom. The van der Waals surface area contributed by atoms with Gasteiger partial charge in [0.2, 0.25) is 0 Å². The van der Waals surface area contributed by atoms with E-state index >= 15 is 0 Å². The van der Waals surface area contributed by atoms with Crippen LogP contribution in [0.1, 0.15) is 42.0 Å². The molecule has 0 amide bonds. The molecule has 0 fully saturated rings. The molecule has 0 bridgehead atoms. The van der Waals surface area contributed by atoms with Crippen molar-refractivity contribution in [2.75, 3.05) is 0 Å². The van der Waals surface area contributed by atoms with Crippen LogP contribution in [0, 0.1) is 6.92 Å². The summed E-state index contributed by atoms with van der Waals surface area (Å²) in [5.41, 5.74) is 5.54. The van der Waals surface area contributed by atoms with Crippen molar-refractivity contribution < 1.29 is 0 Å². The first-order valence-corrected chi connectivity index (χ1v) is 6.75. The maximum atomic E-state index is 3.30. The second kappa shape index (κ2) is 4.85. The highest BCUT2D eigenvalue weighted by atomic mass is 14.7. The van der Waals surface area contributed by atoms with E-state index in [0.717, 1.165) is 0 Å². The molecular weight excluding hydrogens is 218 g/mol. The van der Waals surface area contributed by atoms with E-state index in [1.54, 1.807) is 0 Å². The van der Waals surface area contributed by atoms with E-state index in [0.29, 0.717) is 5.92 Å². The fourth-order valence-corrected chi connectivity index (χ4v) is 2.90. The fourth-order valence-electron chi connectivity index (χ4n) is 2.90. The minimum absolute atomic E-state index is 0.565. The van der Waals surface area contributed by atoms with Gasteiger partial charge in [-0.15, -0.1) is 0 Å². The van der Waals surface area contributed by atoms with Crippen molar-refractivity contribution in [2.45, 2.75) is 32.1 Å². The number of nitrogens with one attached hydrogen (secondary N) is 1. The molecule has 1 aliphatic carbocycles. The van der Waals surface area contributed by atoms with Crippen LogP contribution in [-0.4, -0.2) is 4.98 Å². The van der Waals surface area contributed by atoms with Crippen LogP contribution >= 0.6 is 0 Å². The molecular formula is C17H19N. The Morgan fingerprint density at radius 3 is 2.72 bits per heavy atom. The van der Waals surface area contributed by atoms with E-state index in [-0.39, 0.29) is 0 Å². The average molecular weight is 237 g/mol. The molecule has 0 aliphatic heterocycles. The summed E-state index contributed by atoms with van der Waals surface area (Å²) < 4.78 is 0. The van der Waals surface area contributed by atoms with E-state index in [1.807, 2.05) is 0 Å². The molecule has 1 aliphatic rings. The lowest BCUT2D eigenvalue weighted by Crippen LogP contribution is -2.05. The van der Waals surface area contributed by atoms with Crippen molar-refractivity contribution in [1.82, 2.24) is 4.98 Å². The van der Waals surface area contributed by atoms with Gasteiger partial charge in [-0.1, -0.05) is 36.4 Å². The molecule has 0 saturated carbocycles. The summed E-state index contributed by atoms with van der Waals surface area (Å²) in [5, 5.41) is 0. The van der Waals surface area contributed by atoms with Crippen LogP contribution in [0.15, 0.2) is 48.7 Å². The van der Waals surface area contributed by atoms with E-state index in [4.69, 9.17) is 0 Å². The normalized spacial score (nSPS) is 19.6. The number of hydrogen-bond donors (Lipinski definition) is 1. The Morgan fingerprint density at radius 2 is 2.00 bits per heavy atom. The second-order valence-electron chi connectivity index (χ2n) is 5.13. The molecule has 3 rings (SSSR count). The largest absolute Gasteiger partial charge is 0.365 e. The van der Waals surface area contributed by atoms with Crippen LogP contribution in [0.2, 0.25) is 0 Å². The van der Waals surface area contributed by atoms with Crippen molar-refractivity contribution >= 4 is 5.57 Å². The lowest BCUT2D eigenvalue weighted by atomic mass is 9.80. The van der Waals surface area contributed by atoms with E-state index in [2.05, 4.69) is 60.6 Å². The number of allylic oxidation sites excluding steroid dienone is 2. The molecule has 1 aromatic carbocycles. The monoisotopic (exact) mass is 237 g/mol. The smallest absolute Gasteiger partial charge is 0.0121 e. The topological polar surface area (TPSA) is 15.8 Å². The van der Waals surface area contributed by atoms with Gasteiger partial charge in [0.1, 0.15) is 0 Å². The molecule has 0 radical (unpaired) electrons. The molecule has 1 heterocycles. The summed E-state index contributed by atoms with van der Waals surface area (Å²) >= 11 is 0. The molecule has 1 N–H and O–H groups in total. The summed E-state index contributed by atoms with van der Waals surface area (Å²) in [4.78, 5) is 3.30. The Labute approximate surface area is 109 Å². The SMILES string of the molecule is Cc1cc(C2=CCCCC2c2ccccc2)c[nH]1. The Kier molecular flexibility index (Phi) is 3.06. The lowest BCUT2D eigenvalue weighted by Gasteiger charge is -2.24. The first kappa shape index (κ1) is 11.3. The maximum Gasteiger partial charge on any atom is 0.0121 e. The second-order valence-corrected chi connectivity index (χ2v) is 5.13. The molecule has 1 atom stereocenters. The minimum atomic E-state index is 0.565. The summed E-state index contributed by atoms with van der Waals surface area (Å²) in [6, 6.07) is 13.1. The van der Waals surface area contributed by atoms with Crippen molar-refractivity contribution in [1.29, 1.82) is 0 Å². The molecule has 1 unspecified atom stereocenters. The maximum absolute atomic E-state index is 3.30. The lowest BCUT2D eigenvalue weighted by molar-refractivity contribution is 0.669. The van der Waals surface area contributed by atoms with E-state index in [9.17, 15) is 0 Å². The summed E-state index contributed by atoms with van der Waals surface area (Å²) in [6.45, 7) is 2.12. The van der Waals surface area contributed by atoms with Crippen molar-refractivity contribution in [2.24, 2.45) is 0 Å². The number of aromatic amines is 1. The third kappa shape index (κ3) is 2.13. The average Bonchev–Trinajstić information content (AvgIpc) is 2.86. The summed E-state index contributed by atoms with van der Waals surface area (Å²) in [5.74, 6) is 0.565. The van der Waals surface area contributed by atoms with E-state index < -0.39 is 0 Å². The minimum Gasteiger partial charge on any atom is -0.365 e. The van der Waals surface area contributed by atoms with Crippen molar-refractivity contribution in [3.05, 3.63) is 65.5 Å². The molecule has 0 saturated heterocycles. The molecule has 1 nitrogen and oxygen atoms in total. The number of rotatable bonds is 2. The van der Waals surface area contributed by atoms with Gasteiger partial charge >= 0.3 is 0 Å².